The Morgan fingerprint density at radius 2 is 2.22 bits per heavy atom. The summed E-state index contributed by atoms with van der Waals surface area (Å²) < 4.78 is 4.76. The summed E-state index contributed by atoms with van der Waals surface area (Å²) in [5.41, 5.74) is 1.06. The summed E-state index contributed by atoms with van der Waals surface area (Å²) in [6.07, 6.45) is 3.58. The van der Waals surface area contributed by atoms with E-state index in [1.54, 1.807) is 22.7 Å². The van der Waals surface area contributed by atoms with Crippen molar-refractivity contribution in [3.8, 4) is 0 Å². The molecule has 4 nitrogen and oxygen atoms in total. The smallest absolute Gasteiger partial charge is 0.329 e. The van der Waals surface area contributed by atoms with E-state index in [0.717, 1.165) is 24.2 Å². The first-order valence-corrected chi connectivity index (χ1v) is 7.39. The number of nitrogens with zero attached hydrogens (tertiary/aromatic N) is 1. The average Bonchev–Trinajstić information content (AvgIpc) is 2.38. The molecule has 0 saturated carbocycles. The first-order chi connectivity index (χ1) is 8.60. The maximum Gasteiger partial charge on any atom is 0.329 e. The molecule has 0 radical (unpaired) electrons. The molecule has 1 aliphatic heterocycles. The van der Waals surface area contributed by atoms with Gasteiger partial charge in [-0.25, -0.2) is 4.79 Å². The number of amides is 1. The van der Waals surface area contributed by atoms with Crippen molar-refractivity contribution in [2.45, 2.75) is 32.7 Å². The molecule has 0 aliphatic carbocycles. The Morgan fingerprint density at radius 3 is 2.83 bits per heavy atom. The zero-order chi connectivity index (χ0) is 13.5. The minimum atomic E-state index is -0.438. The molecule has 0 N–H and O–H groups in total. The lowest BCUT2D eigenvalue weighted by Gasteiger charge is -2.32. The van der Waals surface area contributed by atoms with Gasteiger partial charge in [-0.05, 0) is 13.3 Å². The van der Waals surface area contributed by atoms with Gasteiger partial charge in [-0.3, -0.25) is 4.79 Å². The molecule has 1 amide bonds. The fourth-order valence-corrected chi connectivity index (χ4v) is 2.99. The lowest BCUT2D eigenvalue weighted by atomic mass is 10.1. The van der Waals surface area contributed by atoms with E-state index in [9.17, 15) is 9.59 Å². The van der Waals surface area contributed by atoms with Crippen molar-refractivity contribution >= 4 is 23.6 Å². The van der Waals surface area contributed by atoms with E-state index >= 15 is 0 Å². The fraction of sp³-hybridized carbons (Fsp3) is 0.692. The summed E-state index contributed by atoms with van der Waals surface area (Å²) in [5, 5.41) is 0. The van der Waals surface area contributed by atoms with E-state index in [0.29, 0.717) is 12.3 Å². The molecule has 102 valence electrons. The van der Waals surface area contributed by atoms with Crippen LogP contribution in [-0.4, -0.2) is 48.0 Å². The van der Waals surface area contributed by atoms with E-state index in [4.69, 9.17) is 4.74 Å². The van der Waals surface area contributed by atoms with Gasteiger partial charge in [0.05, 0.1) is 7.11 Å². The van der Waals surface area contributed by atoms with Crippen molar-refractivity contribution in [2.75, 3.05) is 25.2 Å². The first kappa shape index (κ1) is 15.1. The second-order valence-corrected chi connectivity index (χ2v) is 5.54. The van der Waals surface area contributed by atoms with Crippen molar-refractivity contribution in [1.29, 1.82) is 0 Å². The molecule has 1 atom stereocenters. The van der Waals surface area contributed by atoms with Gasteiger partial charge in [0.25, 0.3) is 0 Å². The van der Waals surface area contributed by atoms with Gasteiger partial charge in [0, 0.05) is 24.1 Å². The Morgan fingerprint density at radius 1 is 1.50 bits per heavy atom. The predicted molar refractivity (Wildman–Crippen MR) is 73.5 cm³/mol. The zero-order valence-electron chi connectivity index (χ0n) is 11.3. The SMILES string of the molecule is CCCC(C)=CC(=O)N1CCSCC1C(=O)OC. The highest BCUT2D eigenvalue weighted by atomic mass is 32.2. The van der Waals surface area contributed by atoms with Crippen LogP contribution in [0.3, 0.4) is 0 Å². The molecular formula is C13H21NO3S. The second-order valence-electron chi connectivity index (χ2n) is 4.39. The predicted octanol–water partition coefficient (Wildman–Crippen LogP) is 1.85. The summed E-state index contributed by atoms with van der Waals surface area (Å²) in [5.74, 6) is 1.10. The molecule has 0 aromatic carbocycles. The van der Waals surface area contributed by atoms with E-state index in [1.807, 2.05) is 6.92 Å². The van der Waals surface area contributed by atoms with Gasteiger partial charge in [0.15, 0.2) is 0 Å². The molecule has 0 bridgehead atoms. The Hall–Kier alpha value is -0.970. The normalized spacial score (nSPS) is 20.7. The Kier molecular flexibility index (Phi) is 6.25. The summed E-state index contributed by atoms with van der Waals surface area (Å²) >= 11 is 1.68. The van der Waals surface area contributed by atoms with E-state index in [2.05, 4.69) is 6.92 Å². The van der Waals surface area contributed by atoms with E-state index in [1.165, 1.54) is 7.11 Å². The van der Waals surface area contributed by atoms with Crippen molar-refractivity contribution in [1.82, 2.24) is 4.90 Å². The molecule has 1 saturated heterocycles. The van der Waals surface area contributed by atoms with Crippen LogP contribution in [0.2, 0.25) is 0 Å². The second kappa shape index (κ2) is 7.46. The number of carbonyl (C=O) groups is 2. The Bertz CT molecular complexity index is 341. The Labute approximate surface area is 113 Å². The number of esters is 1. The molecule has 18 heavy (non-hydrogen) atoms. The lowest BCUT2D eigenvalue weighted by molar-refractivity contribution is -0.150. The molecule has 1 unspecified atom stereocenters. The van der Waals surface area contributed by atoms with Crippen LogP contribution in [0, 0.1) is 0 Å². The van der Waals surface area contributed by atoms with Gasteiger partial charge in [-0.2, -0.15) is 11.8 Å². The number of hydrogen-bond acceptors (Lipinski definition) is 4. The van der Waals surface area contributed by atoms with E-state index in [-0.39, 0.29) is 11.9 Å². The molecule has 1 heterocycles. The molecule has 1 aliphatic rings. The standard InChI is InChI=1S/C13H21NO3S/c1-4-5-10(2)8-12(15)14-6-7-18-9-11(14)13(16)17-3/h8,11H,4-7,9H2,1-3H3. The van der Waals surface area contributed by atoms with Crippen molar-refractivity contribution in [3.05, 3.63) is 11.6 Å². The number of rotatable bonds is 4. The van der Waals surface area contributed by atoms with Gasteiger partial charge in [-0.15, -0.1) is 0 Å². The number of hydrogen-bond donors (Lipinski definition) is 0. The van der Waals surface area contributed by atoms with Crippen molar-refractivity contribution in [3.63, 3.8) is 0 Å². The molecule has 0 spiro atoms. The minimum Gasteiger partial charge on any atom is -0.467 e. The maximum atomic E-state index is 12.1. The first-order valence-electron chi connectivity index (χ1n) is 6.23. The molecule has 0 aromatic heterocycles. The molecule has 0 aromatic rings. The highest BCUT2D eigenvalue weighted by Gasteiger charge is 2.32. The summed E-state index contributed by atoms with van der Waals surface area (Å²) in [6.45, 7) is 4.64. The van der Waals surface area contributed by atoms with Crippen molar-refractivity contribution < 1.29 is 14.3 Å². The topological polar surface area (TPSA) is 46.6 Å². The van der Waals surface area contributed by atoms with Crippen LogP contribution in [0.25, 0.3) is 0 Å². The number of thioether (sulfide) groups is 1. The number of ether oxygens (including phenoxy) is 1. The van der Waals surface area contributed by atoms with E-state index < -0.39 is 6.04 Å². The van der Waals surface area contributed by atoms with Gasteiger partial charge >= 0.3 is 5.97 Å². The lowest BCUT2D eigenvalue weighted by Crippen LogP contribution is -2.50. The van der Waals surface area contributed by atoms with Crippen LogP contribution in [0.15, 0.2) is 11.6 Å². The molecular weight excluding hydrogens is 250 g/mol. The fourth-order valence-electron chi connectivity index (χ4n) is 1.96. The van der Waals surface area contributed by atoms with Crippen molar-refractivity contribution in [2.24, 2.45) is 0 Å². The molecule has 1 rings (SSSR count). The maximum absolute atomic E-state index is 12.1. The van der Waals surface area contributed by atoms with Crippen LogP contribution < -0.4 is 0 Å². The van der Waals surface area contributed by atoms with Crippen LogP contribution in [0.1, 0.15) is 26.7 Å². The monoisotopic (exact) mass is 271 g/mol. The Balaban J connectivity index is 2.74. The quantitative estimate of drug-likeness (QED) is 0.578. The highest BCUT2D eigenvalue weighted by molar-refractivity contribution is 7.99. The number of allylic oxidation sites excluding steroid dienone is 1. The summed E-state index contributed by atoms with van der Waals surface area (Å²) in [4.78, 5) is 25.4. The highest BCUT2D eigenvalue weighted by Crippen LogP contribution is 2.18. The number of carbonyl (C=O) groups excluding carboxylic acids is 2. The third-order valence-electron chi connectivity index (χ3n) is 2.90. The minimum absolute atomic E-state index is 0.0725. The van der Waals surface area contributed by atoms with Crippen LogP contribution >= 0.6 is 11.8 Å². The van der Waals surface area contributed by atoms with Gasteiger partial charge in [0.1, 0.15) is 6.04 Å². The molecule has 5 heteroatoms. The average molecular weight is 271 g/mol. The summed E-state index contributed by atoms with van der Waals surface area (Å²) in [7, 11) is 1.36. The van der Waals surface area contributed by atoms with Gasteiger partial charge in [0.2, 0.25) is 5.91 Å². The van der Waals surface area contributed by atoms with Gasteiger partial charge in [-0.1, -0.05) is 18.9 Å². The third-order valence-corrected chi connectivity index (χ3v) is 3.92. The largest absolute Gasteiger partial charge is 0.467 e. The van der Waals surface area contributed by atoms with Gasteiger partial charge < -0.3 is 9.64 Å². The number of methoxy groups -OCH3 is 1. The molecule has 1 fully saturated rings. The van der Waals surface area contributed by atoms with Crippen LogP contribution in [-0.2, 0) is 14.3 Å². The summed E-state index contributed by atoms with van der Waals surface area (Å²) in [6, 6.07) is -0.438. The van der Waals surface area contributed by atoms with Crippen LogP contribution in [0.4, 0.5) is 0 Å². The third kappa shape index (κ3) is 4.05. The zero-order valence-corrected chi connectivity index (χ0v) is 12.1. The van der Waals surface area contributed by atoms with Crippen LogP contribution in [0.5, 0.6) is 0 Å².